The maximum absolute atomic E-state index is 13.1. The molecular formula is C26H23NO5S2. The highest BCUT2D eigenvalue weighted by Crippen LogP contribution is 2.40. The third-order valence-corrected chi connectivity index (χ3v) is 8.35. The molecule has 0 atom stereocenters. The minimum Gasteiger partial charge on any atom is -0.465 e. The first-order chi connectivity index (χ1) is 16.2. The minimum atomic E-state index is -3.60. The summed E-state index contributed by atoms with van der Waals surface area (Å²) in [5.41, 5.74) is 4.30. The summed E-state index contributed by atoms with van der Waals surface area (Å²) < 4.78 is 30.9. The highest BCUT2D eigenvalue weighted by atomic mass is 32.2. The van der Waals surface area contributed by atoms with Crippen LogP contribution in [0, 0.1) is 13.8 Å². The highest BCUT2D eigenvalue weighted by molar-refractivity contribution is 8.04. The molecule has 4 rings (SSSR count). The van der Waals surface area contributed by atoms with Gasteiger partial charge in [-0.1, -0.05) is 42.1 Å². The number of nitrogens with one attached hydrogen (secondary N) is 1. The number of ether oxygens (including phenoxy) is 1. The Morgan fingerprint density at radius 3 is 2.35 bits per heavy atom. The molecule has 0 unspecified atom stereocenters. The number of hydrogen-bond donors (Lipinski definition) is 1. The van der Waals surface area contributed by atoms with Gasteiger partial charge in [0.15, 0.2) is 9.84 Å². The van der Waals surface area contributed by atoms with E-state index >= 15 is 0 Å². The van der Waals surface area contributed by atoms with Crippen molar-refractivity contribution < 1.29 is 22.7 Å². The molecule has 6 nitrogen and oxygen atoms in total. The van der Waals surface area contributed by atoms with Gasteiger partial charge in [-0.2, -0.15) is 0 Å². The Bertz CT molecular complexity index is 1400. The van der Waals surface area contributed by atoms with Crippen molar-refractivity contribution in [2.45, 2.75) is 29.4 Å². The largest absolute Gasteiger partial charge is 0.465 e. The molecule has 0 saturated carbocycles. The average Bonchev–Trinajstić information content (AvgIpc) is 2.81. The first-order valence-corrected chi connectivity index (χ1v) is 13.0. The number of thioether (sulfide) groups is 1. The van der Waals surface area contributed by atoms with Crippen molar-refractivity contribution in [3.05, 3.63) is 93.4 Å². The molecule has 0 bridgehead atoms. The molecule has 3 aromatic rings. The predicted molar refractivity (Wildman–Crippen MR) is 133 cm³/mol. The van der Waals surface area contributed by atoms with Crippen LogP contribution < -0.4 is 5.32 Å². The van der Waals surface area contributed by atoms with Crippen LogP contribution in [0.4, 0.5) is 5.69 Å². The third kappa shape index (κ3) is 4.93. The zero-order valence-corrected chi connectivity index (χ0v) is 20.5. The summed E-state index contributed by atoms with van der Waals surface area (Å²) in [5, 5.41) is 2.80. The first kappa shape index (κ1) is 23.8. The Balaban J connectivity index is 1.58. The van der Waals surface area contributed by atoms with Crippen molar-refractivity contribution in [3.63, 3.8) is 0 Å². The van der Waals surface area contributed by atoms with E-state index in [-0.39, 0.29) is 16.6 Å². The molecule has 1 amide bonds. The second kappa shape index (κ2) is 9.48. The normalized spacial score (nSPS) is 14.4. The molecule has 0 fully saturated rings. The van der Waals surface area contributed by atoms with Gasteiger partial charge in [-0.15, -0.1) is 0 Å². The molecule has 0 spiro atoms. The fourth-order valence-corrected chi connectivity index (χ4v) is 6.17. The number of hydrogen-bond acceptors (Lipinski definition) is 6. The quantitative estimate of drug-likeness (QED) is 0.391. The van der Waals surface area contributed by atoms with E-state index in [1.807, 2.05) is 32.0 Å². The minimum absolute atomic E-state index is 0.0991. The zero-order valence-electron chi connectivity index (χ0n) is 18.9. The maximum atomic E-state index is 13.1. The molecule has 3 aromatic carbocycles. The number of fused-ring (bicyclic) bond motifs is 1. The first-order valence-electron chi connectivity index (χ1n) is 10.5. The van der Waals surface area contributed by atoms with Gasteiger partial charge < -0.3 is 10.1 Å². The van der Waals surface area contributed by atoms with Gasteiger partial charge in [-0.25, -0.2) is 13.2 Å². The van der Waals surface area contributed by atoms with E-state index in [1.165, 1.54) is 24.9 Å². The van der Waals surface area contributed by atoms with Crippen LogP contribution in [0.3, 0.4) is 0 Å². The van der Waals surface area contributed by atoms with E-state index in [1.54, 1.807) is 42.5 Å². The van der Waals surface area contributed by atoms with Crippen molar-refractivity contribution in [1.82, 2.24) is 0 Å². The molecule has 1 heterocycles. The molecule has 0 saturated heterocycles. The van der Waals surface area contributed by atoms with Crippen molar-refractivity contribution in [3.8, 4) is 0 Å². The molecule has 0 radical (unpaired) electrons. The standard InChI is InChI=1S/C26H23NO5S2/c1-16-5-4-6-17(2)21(16)15-34(30,31)20-11-12-23-22(14-20)27-25(28)24(33-23)13-18-7-9-19(10-8-18)26(29)32-3/h4-14H,15H2,1-3H3,(H,27,28)/b24-13+. The lowest BCUT2D eigenvalue weighted by molar-refractivity contribution is -0.112. The number of carbonyl (C=O) groups excluding carboxylic acids is 2. The van der Waals surface area contributed by atoms with Gasteiger partial charge in [0.05, 0.1) is 33.9 Å². The van der Waals surface area contributed by atoms with Crippen LogP contribution in [-0.2, 0) is 25.1 Å². The van der Waals surface area contributed by atoms with Crippen LogP contribution in [0.25, 0.3) is 6.08 Å². The number of carbonyl (C=O) groups is 2. The number of aryl methyl sites for hydroxylation is 2. The number of sulfone groups is 1. The molecule has 34 heavy (non-hydrogen) atoms. The zero-order chi connectivity index (χ0) is 24.5. The smallest absolute Gasteiger partial charge is 0.337 e. The van der Waals surface area contributed by atoms with Gasteiger partial charge in [0.1, 0.15) is 0 Å². The van der Waals surface area contributed by atoms with Gasteiger partial charge in [-0.05, 0) is 72.5 Å². The Hall–Kier alpha value is -3.36. The van der Waals surface area contributed by atoms with E-state index < -0.39 is 15.8 Å². The lowest BCUT2D eigenvalue weighted by Gasteiger charge is -2.20. The Morgan fingerprint density at radius 1 is 1.03 bits per heavy atom. The fraction of sp³-hybridized carbons (Fsp3) is 0.154. The van der Waals surface area contributed by atoms with Crippen LogP contribution in [0.15, 0.2) is 75.4 Å². The molecule has 1 aliphatic heterocycles. The van der Waals surface area contributed by atoms with E-state index in [0.29, 0.717) is 16.2 Å². The van der Waals surface area contributed by atoms with Crippen LogP contribution in [0.1, 0.15) is 32.6 Å². The summed E-state index contributed by atoms with van der Waals surface area (Å²) in [6, 6.07) is 17.2. The van der Waals surface area contributed by atoms with Gasteiger partial charge in [0, 0.05) is 4.90 Å². The fourth-order valence-electron chi connectivity index (χ4n) is 3.67. The number of methoxy groups -OCH3 is 1. The van der Waals surface area contributed by atoms with Crippen molar-refractivity contribution in [2.75, 3.05) is 12.4 Å². The number of esters is 1. The Kier molecular flexibility index (Phi) is 6.63. The van der Waals surface area contributed by atoms with Crippen LogP contribution >= 0.6 is 11.8 Å². The third-order valence-electron chi connectivity index (χ3n) is 5.61. The van der Waals surface area contributed by atoms with E-state index in [0.717, 1.165) is 27.1 Å². The molecule has 0 aliphatic carbocycles. The van der Waals surface area contributed by atoms with Crippen molar-refractivity contribution in [1.29, 1.82) is 0 Å². The van der Waals surface area contributed by atoms with Gasteiger partial charge in [0.25, 0.3) is 5.91 Å². The lowest BCUT2D eigenvalue weighted by Crippen LogP contribution is -2.18. The number of benzene rings is 3. The topological polar surface area (TPSA) is 89.5 Å². The van der Waals surface area contributed by atoms with Crippen LogP contribution in [-0.4, -0.2) is 27.4 Å². The summed E-state index contributed by atoms with van der Waals surface area (Å²) >= 11 is 1.27. The number of anilines is 1. The Labute approximate surface area is 203 Å². The van der Waals surface area contributed by atoms with Gasteiger partial charge in [-0.3, -0.25) is 4.79 Å². The van der Waals surface area contributed by atoms with Crippen LogP contribution in [0.5, 0.6) is 0 Å². The molecular weight excluding hydrogens is 470 g/mol. The summed E-state index contributed by atoms with van der Waals surface area (Å²) in [6.45, 7) is 3.80. The monoisotopic (exact) mass is 493 g/mol. The van der Waals surface area contributed by atoms with E-state index in [2.05, 4.69) is 5.32 Å². The SMILES string of the molecule is COC(=O)c1ccc(/C=C2/Sc3ccc(S(=O)(=O)Cc4c(C)cccc4C)cc3NC2=O)cc1. The molecule has 1 N–H and O–H groups in total. The van der Waals surface area contributed by atoms with Gasteiger partial charge >= 0.3 is 5.97 Å². The lowest BCUT2D eigenvalue weighted by atomic mass is 10.1. The van der Waals surface area contributed by atoms with Crippen LogP contribution in [0.2, 0.25) is 0 Å². The molecule has 8 heteroatoms. The average molecular weight is 494 g/mol. The number of amides is 1. The number of rotatable bonds is 5. The predicted octanol–water partition coefficient (Wildman–Crippen LogP) is 5.15. The molecule has 1 aliphatic rings. The van der Waals surface area contributed by atoms with E-state index in [9.17, 15) is 18.0 Å². The van der Waals surface area contributed by atoms with Crippen molar-refractivity contribution in [2.24, 2.45) is 0 Å². The summed E-state index contributed by atoms with van der Waals surface area (Å²) in [7, 11) is -2.28. The second-order valence-corrected chi connectivity index (χ2v) is 11.0. The maximum Gasteiger partial charge on any atom is 0.337 e. The van der Waals surface area contributed by atoms with Gasteiger partial charge in [0.2, 0.25) is 0 Å². The highest BCUT2D eigenvalue weighted by Gasteiger charge is 2.25. The summed E-state index contributed by atoms with van der Waals surface area (Å²) in [5.74, 6) is -0.849. The van der Waals surface area contributed by atoms with Crippen molar-refractivity contribution >= 4 is 45.2 Å². The summed E-state index contributed by atoms with van der Waals surface area (Å²) in [4.78, 5) is 25.7. The molecule has 174 valence electrons. The summed E-state index contributed by atoms with van der Waals surface area (Å²) in [6.07, 6.45) is 1.72. The Morgan fingerprint density at radius 2 is 1.71 bits per heavy atom. The second-order valence-electron chi connectivity index (χ2n) is 7.97. The molecule has 0 aromatic heterocycles. The van der Waals surface area contributed by atoms with E-state index in [4.69, 9.17) is 4.74 Å².